The third kappa shape index (κ3) is 3.50. The second-order valence-electron chi connectivity index (χ2n) is 6.94. The predicted molar refractivity (Wildman–Crippen MR) is 105 cm³/mol. The molecule has 0 aliphatic heterocycles. The van der Waals surface area contributed by atoms with Gasteiger partial charge in [0.2, 0.25) is 5.88 Å². The van der Waals surface area contributed by atoms with E-state index in [1.165, 1.54) is 29.1 Å². The number of aromatic nitrogens is 5. The Hall–Kier alpha value is -4.08. The third-order valence-electron chi connectivity index (χ3n) is 4.84. The van der Waals surface area contributed by atoms with Crippen molar-refractivity contribution in [1.82, 2.24) is 24.1 Å². The van der Waals surface area contributed by atoms with Crippen molar-refractivity contribution in [3.05, 3.63) is 81.5 Å². The Morgan fingerprint density at radius 1 is 1.20 bits per heavy atom. The monoisotopic (exact) mass is 409 g/mol. The van der Waals surface area contributed by atoms with Crippen LogP contribution in [0.25, 0.3) is 5.69 Å². The van der Waals surface area contributed by atoms with Crippen LogP contribution in [0, 0.1) is 13.8 Å². The smallest absolute Gasteiger partial charge is 0.336 e. The summed E-state index contributed by atoms with van der Waals surface area (Å²) in [5.41, 5.74) is 2.36. The minimum atomic E-state index is -1.05. The molecule has 0 radical (unpaired) electrons. The summed E-state index contributed by atoms with van der Waals surface area (Å²) in [5, 5.41) is 27.6. The third-order valence-corrected chi connectivity index (χ3v) is 4.84. The Balaban J connectivity index is 1.62. The molecular weight excluding hydrogens is 390 g/mol. The minimum absolute atomic E-state index is 0.119. The van der Waals surface area contributed by atoms with E-state index in [0.717, 1.165) is 15.8 Å². The van der Waals surface area contributed by atoms with E-state index in [0.29, 0.717) is 23.6 Å². The van der Waals surface area contributed by atoms with Crippen LogP contribution in [-0.4, -0.2) is 40.3 Å². The van der Waals surface area contributed by atoms with E-state index in [9.17, 15) is 14.7 Å². The van der Waals surface area contributed by atoms with Gasteiger partial charge >= 0.3 is 11.7 Å². The van der Waals surface area contributed by atoms with Crippen molar-refractivity contribution >= 4 is 5.97 Å². The van der Waals surface area contributed by atoms with Gasteiger partial charge < -0.3 is 14.7 Å². The van der Waals surface area contributed by atoms with Crippen LogP contribution >= 0.6 is 0 Å². The number of imidazole rings is 1. The van der Waals surface area contributed by atoms with Crippen LogP contribution in [0.4, 0.5) is 0 Å². The summed E-state index contributed by atoms with van der Waals surface area (Å²) in [6, 6.07) is 6.30. The van der Waals surface area contributed by atoms with Crippen molar-refractivity contribution < 1.29 is 19.5 Å². The first-order valence-electron chi connectivity index (χ1n) is 9.11. The van der Waals surface area contributed by atoms with Gasteiger partial charge in [-0.15, -0.1) is 0 Å². The Morgan fingerprint density at radius 2 is 2.00 bits per heavy atom. The average molecular weight is 409 g/mol. The quantitative estimate of drug-likeness (QED) is 0.498. The van der Waals surface area contributed by atoms with Crippen molar-refractivity contribution in [3.63, 3.8) is 0 Å². The van der Waals surface area contributed by atoms with Gasteiger partial charge in [-0.05, 0) is 31.5 Å². The molecule has 0 atom stereocenters. The summed E-state index contributed by atoms with van der Waals surface area (Å²) in [5.74, 6) is -0.596. The molecule has 1 aromatic carbocycles. The van der Waals surface area contributed by atoms with Crippen molar-refractivity contribution in [2.45, 2.75) is 26.9 Å². The first kappa shape index (κ1) is 19.2. The number of benzene rings is 1. The molecule has 3 aromatic heterocycles. The van der Waals surface area contributed by atoms with Crippen LogP contribution < -0.4 is 5.69 Å². The molecular formula is C20H19N5O5. The number of carbonyl (C=O) groups is 1. The maximum Gasteiger partial charge on any atom is 0.336 e. The molecule has 0 saturated carbocycles. The molecule has 0 fully saturated rings. The Bertz CT molecular complexity index is 1270. The largest absolute Gasteiger partial charge is 0.493 e. The summed E-state index contributed by atoms with van der Waals surface area (Å²) in [4.78, 5) is 24.0. The number of rotatable bonds is 6. The van der Waals surface area contributed by atoms with Gasteiger partial charge in [-0.3, -0.25) is 9.25 Å². The van der Waals surface area contributed by atoms with E-state index in [4.69, 9.17) is 9.63 Å². The van der Waals surface area contributed by atoms with Crippen molar-refractivity contribution in [2.24, 2.45) is 0 Å². The van der Waals surface area contributed by atoms with E-state index < -0.39 is 11.7 Å². The SMILES string of the molecule is Cc1noc(C)c1Cn1cc(-n2c(O)cn(Cc3cccc(C(=O)O)c3)c2=O)cn1. The second kappa shape index (κ2) is 7.39. The molecule has 0 aliphatic carbocycles. The summed E-state index contributed by atoms with van der Waals surface area (Å²) in [6.45, 7) is 4.19. The maximum atomic E-state index is 12.8. The van der Waals surface area contributed by atoms with Crippen molar-refractivity contribution in [3.8, 4) is 11.6 Å². The number of carboxylic acids is 1. The predicted octanol–water partition coefficient (Wildman–Crippen LogP) is 1.94. The van der Waals surface area contributed by atoms with Gasteiger partial charge in [-0.25, -0.2) is 14.2 Å². The van der Waals surface area contributed by atoms with Gasteiger partial charge in [0.15, 0.2) is 0 Å². The van der Waals surface area contributed by atoms with Crippen LogP contribution in [0.5, 0.6) is 5.88 Å². The lowest BCUT2D eigenvalue weighted by atomic mass is 10.1. The second-order valence-corrected chi connectivity index (χ2v) is 6.94. The molecule has 4 rings (SSSR count). The first-order chi connectivity index (χ1) is 14.3. The van der Waals surface area contributed by atoms with Crippen molar-refractivity contribution in [2.75, 3.05) is 0 Å². The van der Waals surface area contributed by atoms with E-state index in [-0.39, 0.29) is 18.0 Å². The molecule has 10 heteroatoms. The van der Waals surface area contributed by atoms with E-state index in [1.807, 2.05) is 13.8 Å². The van der Waals surface area contributed by atoms with Crippen LogP contribution in [0.15, 0.2) is 52.2 Å². The number of hydrogen-bond acceptors (Lipinski definition) is 6. The molecule has 0 spiro atoms. The lowest BCUT2D eigenvalue weighted by Gasteiger charge is -2.03. The van der Waals surface area contributed by atoms with Gasteiger partial charge in [-0.2, -0.15) is 5.10 Å². The molecule has 0 saturated heterocycles. The van der Waals surface area contributed by atoms with Crippen LogP contribution in [0.1, 0.15) is 32.9 Å². The number of aryl methyl sites for hydroxylation is 2. The van der Waals surface area contributed by atoms with Crippen LogP contribution in [0.3, 0.4) is 0 Å². The molecule has 0 bridgehead atoms. The fourth-order valence-corrected chi connectivity index (χ4v) is 3.28. The van der Waals surface area contributed by atoms with Crippen LogP contribution in [-0.2, 0) is 13.1 Å². The van der Waals surface area contributed by atoms with Gasteiger partial charge in [-0.1, -0.05) is 17.3 Å². The summed E-state index contributed by atoms with van der Waals surface area (Å²) < 4.78 is 9.22. The highest BCUT2D eigenvalue weighted by molar-refractivity contribution is 5.87. The molecule has 154 valence electrons. The number of nitrogens with zero attached hydrogens (tertiary/aromatic N) is 5. The lowest BCUT2D eigenvalue weighted by Crippen LogP contribution is -2.23. The van der Waals surface area contributed by atoms with E-state index in [1.54, 1.807) is 23.0 Å². The standard InChI is InChI=1S/C20H19N5O5/c1-12-17(13(2)30-22-12)10-24-9-16(7-21-24)25-18(26)11-23(20(25)29)8-14-4-3-5-15(6-14)19(27)28/h3-7,9,11,26H,8,10H2,1-2H3,(H,27,28). The van der Waals surface area contributed by atoms with Crippen molar-refractivity contribution in [1.29, 1.82) is 0 Å². The normalized spacial score (nSPS) is 11.1. The van der Waals surface area contributed by atoms with Crippen LogP contribution in [0.2, 0.25) is 0 Å². The number of hydrogen-bond donors (Lipinski definition) is 2. The van der Waals surface area contributed by atoms with Gasteiger partial charge in [0, 0.05) is 11.8 Å². The molecule has 10 nitrogen and oxygen atoms in total. The first-order valence-corrected chi connectivity index (χ1v) is 9.11. The average Bonchev–Trinajstić information content (AvgIpc) is 3.37. The molecule has 30 heavy (non-hydrogen) atoms. The van der Waals surface area contributed by atoms with Gasteiger partial charge in [0.05, 0.1) is 42.4 Å². The topological polar surface area (TPSA) is 128 Å². The highest BCUT2D eigenvalue weighted by atomic mass is 16.5. The summed E-state index contributed by atoms with van der Waals surface area (Å²) >= 11 is 0. The van der Waals surface area contributed by atoms with E-state index in [2.05, 4.69) is 10.3 Å². The summed E-state index contributed by atoms with van der Waals surface area (Å²) in [6.07, 6.45) is 4.43. The lowest BCUT2D eigenvalue weighted by molar-refractivity contribution is 0.0696. The Labute approximate surface area is 170 Å². The zero-order chi connectivity index (χ0) is 21.4. The summed E-state index contributed by atoms with van der Waals surface area (Å²) in [7, 11) is 0. The van der Waals surface area contributed by atoms with Gasteiger partial charge in [0.1, 0.15) is 5.76 Å². The Morgan fingerprint density at radius 3 is 2.70 bits per heavy atom. The Kier molecular flexibility index (Phi) is 4.74. The molecule has 0 unspecified atom stereocenters. The minimum Gasteiger partial charge on any atom is -0.493 e. The number of carboxylic acid groups (broad SMARTS) is 1. The highest BCUT2D eigenvalue weighted by Gasteiger charge is 2.16. The molecule has 4 aromatic rings. The molecule has 3 heterocycles. The number of aromatic carboxylic acids is 1. The van der Waals surface area contributed by atoms with Gasteiger partial charge in [0.25, 0.3) is 0 Å². The fraction of sp³-hybridized carbons (Fsp3) is 0.200. The zero-order valence-corrected chi connectivity index (χ0v) is 16.3. The molecule has 0 amide bonds. The van der Waals surface area contributed by atoms with E-state index >= 15 is 0 Å². The fourth-order valence-electron chi connectivity index (χ4n) is 3.28. The maximum absolute atomic E-state index is 12.8. The zero-order valence-electron chi connectivity index (χ0n) is 16.3. The highest BCUT2D eigenvalue weighted by Crippen LogP contribution is 2.18. The number of aromatic hydroxyl groups is 1. The molecule has 0 aliphatic rings. The molecule has 2 N–H and O–H groups in total.